The van der Waals surface area contributed by atoms with Gasteiger partial charge in [0.15, 0.2) is 5.16 Å². The lowest BCUT2D eigenvalue weighted by Gasteiger charge is -2.15. The Kier molecular flexibility index (Phi) is 6.17. The summed E-state index contributed by atoms with van der Waals surface area (Å²) < 4.78 is 1.79. The molecule has 2 heterocycles. The fourth-order valence-electron chi connectivity index (χ4n) is 1.90. The number of aromatic nitrogens is 3. The van der Waals surface area contributed by atoms with Gasteiger partial charge in [0.1, 0.15) is 5.82 Å². The molecule has 2 amide bonds. The molecule has 2 aromatic heterocycles. The largest absolute Gasteiger partial charge is 0.370 e. The summed E-state index contributed by atoms with van der Waals surface area (Å²) in [5.41, 5.74) is 6.26. The maximum Gasteiger partial charge on any atom is 0.233 e. The minimum absolute atomic E-state index is 0.0304. The maximum atomic E-state index is 12.2. The van der Waals surface area contributed by atoms with Crippen LogP contribution in [-0.2, 0) is 29.6 Å². The number of hydrogen-bond acceptors (Lipinski definition) is 6. The molecule has 2 aromatic rings. The molecule has 0 saturated carbocycles. The van der Waals surface area contributed by atoms with Gasteiger partial charge in [0.2, 0.25) is 11.8 Å². The molecule has 0 aliphatic carbocycles. The van der Waals surface area contributed by atoms with Crippen LogP contribution in [0.25, 0.3) is 0 Å². The molecule has 0 aromatic carbocycles. The quantitative estimate of drug-likeness (QED) is 0.716. The third-order valence-electron chi connectivity index (χ3n) is 3.27. The minimum Gasteiger partial charge on any atom is -0.370 e. The number of nitrogens with zero attached hydrogens (tertiary/aromatic N) is 4. The Labute approximate surface area is 142 Å². The fraction of sp³-hybridized carbons (Fsp3) is 0.429. The van der Waals surface area contributed by atoms with Crippen LogP contribution in [0.5, 0.6) is 0 Å². The highest BCUT2D eigenvalue weighted by Gasteiger charge is 2.14. The molecule has 0 saturated heterocycles. The second kappa shape index (κ2) is 8.11. The molecule has 0 fully saturated rings. The second-order valence-corrected chi connectivity index (χ2v) is 6.82. The van der Waals surface area contributed by atoms with E-state index in [1.165, 1.54) is 11.8 Å². The topological polar surface area (TPSA) is 94.1 Å². The SMILES string of the molecule is CN(Cc1ccsc1)C(=O)CSc1nnc(CCC(N)=O)n1C. The van der Waals surface area contributed by atoms with Gasteiger partial charge in [0.25, 0.3) is 0 Å². The van der Waals surface area contributed by atoms with E-state index < -0.39 is 0 Å². The smallest absolute Gasteiger partial charge is 0.233 e. The van der Waals surface area contributed by atoms with Crippen LogP contribution in [0, 0.1) is 0 Å². The Morgan fingerprint density at radius 3 is 2.87 bits per heavy atom. The third kappa shape index (κ3) is 5.07. The zero-order valence-electron chi connectivity index (χ0n) is 13.1. The number of carbonyl (C=O) groups is 2. The Morgan fingerprint density at radius 2 is 2.22 bits per heavy atom. The number of thioether (sulfide) groups is 1. The highest BCUT2D eigenvalue weighted by atomic mass is 32.2. The maximum absolute atomic E-state index is 12.2. The summed E-state index contributed by atoms with van der Waals surface area (Å²) in [5, 5.41) is 12.8. The molecule has 23 heavy (non-hydrogen) atoms. The van der Waals surface area contributed by atoms with Gasteiger partial charge in [-0.2, -0.15) is 11.3 Å². The Hall–Kier alpha value is -1.87. The summed E-state index contributed by atoms with van der Waals surface area (Å²) in [7, 11) is 3.60. The summed E-state index contributed by atoms with van der Waals surface area (Å²) in [4.78, 5) is 24.7. The first-order chi connectivity index (χ1) is 11.0. The van der Waals surface area contributed by atoms with Gasteiger partial charge in [-0.25, -0.2) is 0 Å². The molecule has 0 aliphatic heterocycles. The highest BCUT2D eigenvalue weighted by molar-refractivity contribution is 7.99. The average Bonchev–Trinajstić information content (AvgIpc) is 3.13. The van der Waals surface area contributed by atoms with Crippen LogP contribution in [0.2, 0.25) is 0 Å². The summed E-state index contributed by atoms with van der Waals surface area (Å²) >= 11 is 2.95. The van der Waals surface area contributed by atoms with Crippen molar-refractivity contribution in [2.24, 2.45) is 12.8 Å². The first-order valence-corrected chi connectivity index (χ1v) is 8.94. The predicted molar refractivity (Wildman–Crippen MR) is 90.0 cm³/mol. The number of thiophene rings is 1. The van der Waals surface area contributed by atoms with Crippen molar-refractivity contribution in [3.05, 3.63) is 28.2 Å². The molecule has 0 atom stereocenters. The van der Waals surface area contributed by atoms with Crippen molar-refractivity contribution in [2.45, 2.75) is 24.5 Å². The van der Waals surface area contributed by atoms with Crippen molar-refractivity contribution in [2.75, 3.05) is 12.8 Å². The molecule has 9 heteroatoms. The van der Waals surface area contributed by atoms with Gasteiger partial charge in [-0.05, 0) is 22.4 Å². The Balaban J connectivity index is 1.85. The zero-order chi connectivity index (χ0) is 16.8. The number of rotatable bonds is 8. The molecule has 0 unspecified atom stereocenters. The van der Waals surface area contributed by atoms with E-state index in [2.05, 4.69) is 10.2 Å². The van der Waals surface area contributed by atoms with Crippen LogP contribution in [0.15, 0.2) is 22.0 Å². The van der Waals surface area contributed by atoms with Crippen LogP contribution in [0.1, 0.15) is 17.8 Å². The van der Waals surface area contributed by atoms with Gasteiger partial charge in [0, 0.05) is 33.5 Å². The van der Waals surface area contributed by atoms with Crippen molar-refractivity contribution in [3.63, 3.8) is 0 Å². The van der Waals surface area contributed by atoms with Crippen LogP contribution >= 0.6 is 23.1 Å². The molecule has 0 bridgehead atoms. The van der Waals surface area contributed by atoms with Gasteiger partial charge >= 0.3 is 0 Å². The number of aryl methyl sites for hydroxylation is 1. The van der Waals surface area contributed by atoms with Gasteiger partial charge < -0.3 is 15.2 Å². The lowest BCUT2D eigenvalue weighted by Crippen LogP contribution is -2.27. The standard InChI is InChI=1S/C14H19N5O2S2/c1-18(7-10-5-6-22-8-10)13(21)9-23-14-17-16-12(19(14)2)4-3-11(15)20/h5-6,8H,3-4,7,9H2,1-2H3,(H2,15,20). The number of primary amides is 1. The lowest BCUT2D eigenvalue weighted by atomic mass is 10.3. The Morgan fingerprint density at radius 1 is 1.43 bits per heavy atom. The first kappa shape index (κ1) is 17.5. The fourth-order valence-corrected chi connectivity index (χ4v) is 3.43. The van der Waals surface area contributed by atoms with E-state index in [1.807, 2.05) is 23.9 Å². The van der Waals surface area contributed by atoms with E-state index in [9.17, 15) is 9.59 Å². The number of nitrogens with two attached hydrogens (primary N) is 1. The highest BCUT2D eigenvalue weighted by Crippen LogP contribution is 2.17. The van der Waals surface area contributed by atoms with E-state index in [-0.39, 0.29) is 18.2 Å². The number of carbonyl (C=O) groups excluding carboxylic acids is 2. The van der Waals surface area contributed by atoms with Crippen molar-refractivity contribution in [3.8, 4) is 0 Å². The monoisotopic (exact) mass is 353 g/mol. The molecule has 0 aliphatic rings. The van der Waals surface area contributed by atoms with Crippen molar-refractivity contribution >= 4 is 34.9 Å². The molecule has 0 radical (unpaired) electrons. The molecular weight excluding hydrogens is 334 g/mol. The summed E-state index contributed by atoms with van der Waals surface area (Å²) in [6.45, 7) is 0.603. The summed E-state index contributed by atoms with van der Waals surface area (Å²) in [5.74, 6) is 0.642. The van der Waals surface area contributed by atoms with E-state index in [0.29, 0.717) is 29.7 Å². The third-order valence-corrected chi connectivity index (χ3v) is 5.01. The van der Waals surface area contributed by atoms with Crippen molar-refractivity contribution < 1.29 is 9.59 Å². The van der Waals surface area contributed by atoms with Gasteiger partial charge in [0.05, 0.1) is 5.75 Å². The lowest BCUT2D eigenvalue weighted by molar-refractivity contribution is -0.127. The van der Waals surface area contributed by atoms with E-state index in [0.717, 1.165) is 5.56 Å². The molecule has 124 valence electrons. The van der Waals surface area contributed by atoms with Crippen molar-refractivity contribution in [1.29, 1.82) is 0 Å². The Bertz CT molecular complexity index is 669. The number of amides is 2. The van der Waals surface area contributed by atoms with Gasteiger partial charge in [-0.3, -0.25) is 9.59 Å². The predicted octanol–water partition coefficient (Wildman–Crippen LogP) is 1.05. The van der Waals surface area contributed by atoms with E-state index in [1.54, 1.807) is 27.9 Å². The summed E-state index contributed by atoms with van der Waals surface area (Å²) in [6, 6.07) is 2.01. The van der Waals surface area contributed by atoms with Gasteiger partial charge in [-0.15, -0.1) is 10.2 Å². The van der Waals surface area contributed by atoms with Crippen LogP contribution < -0.4 is 5.73 Å². The molecule has 2 N–H and O–H groups in total. The molecule has 2 rings (SSSR count). The van der Waals surface area contributed by atoms with Gasteiger partial charge in [-0.1, -0.05) is 11.8 Å². The molecule has 7 nitrogen and oxygen atoms in total. The normalized spacial score (nSPS) is 10.7. The van der Waals surface area contributed by atoms with E-state index >= 15 is 0 Å². The number of hydrogen-bond donors (Lipinski definition) is 1. The minimum atomic E-state index is -0.368. The second-order valence-electron chi connectivity index (χ2n) is 5.09. The first-order valence-electron chi connectivity index (χ1n) is 7.01. The van der Waals surface area contributed by atoms with Crippen LogP contribution in [-0.4, -0.2) is 44.3 Å². The average molecular weight is 353 g/mol. The van der Waals surface area contributed by atoms with Crippen LogP contribution in [0.3, 0.4) is 0 Å². The zero-order valence-corrected chi connectivity index (χ0v) is 14.7. The van der Waals surface area contributed by atoms with E-state index in [4.69, 9.17) is 5.73 Å². The molecule has 0 spiro atoms. The van der Waals surface area contributed by atoms with Crippen LogP contribution in [0.4, 0.5) is 0 Å². The summed E-state index contributed by atoms with van der Waals surface area (Å²) in [6.07, 6.45) is 0.685. The van der Waals surface area contributed by atoms with Crippen molar-refractivity contribution in [1.82, 2.24) is 19.7 Å². The molecular formula is C14H19N5O2S2.